The number of allylic oxidation sites excluding steroid dienone is 1. The van der Waals surface area contributed by atoms with Gasteiger partial charge < -0.3 is 10.1 Å². The minimum atomic E-state index is -0.641. The van der Waals surface area contributed by atoms with E-state index >= 15 is 0 Å². The number of hydrogen-bond acceptors (Lipinski definition) is 4. The predicted molar refractivity (Wildman–Crippen MR) is 104 cm³/mol. The summed E-state index contributed by atoms with van der Waals surface area (Å²) >= 11 is 0. The van der Waals surface area contributed by atoms with Crippen molar-refractivity contribution in [3.63, 3.8) is 0 Å². The molecule has 1 heterocycles. The van der Waals surface area contributed by atoms with E-state index in [1.165, 1.54) is 4.90 Å². The molecule has 3 amide bonds. The zero-order valence-corrected chi connectivity index (χ0v) is 16.7. The molecule has 1 atom stereocenters. The predicted octanol–water partition coefficient (Wildman–Crippen LogP) is 3.78. The summed E-state index contributed by atoms with van der Waals surface area (Å²) in [6.45, 7) is 13.2. The molecule has 0 radical (unpaired) electrons. The van der Waals surface area contributed by atoms with Crippen molar-refractivity contribution in [2.24, 2.45) is 5.41 Å². The topological polar surface area (TPSA) is 75.7 Å². The maximum absolute atomic E-state index is 12.6. The van der Waals surface area contributed by atoms with Gasteiger partial charge in [0.25, 0.3) is 11.8 Å². The van der Waals surface area contributed by atoms with Crippen molar-refractivity contribution in [1.29, 1.82) is 0 Å². The fraction of sp³-hybridized carbons (Fsp3) is 0.476. The normalized spacial score (nSPS) is 15.4. The monoisotopic (exact) mass is 372 g/mol. The Morgan fingerprint density at radius 1 is 1.15 bits per heavy atom. The zero-order valence-electron chi connectivity index (χ0n) is 16.7. The summed E-state index contributed by atoms with van der Waals surface area (Å²) < 4.78 is 5.33. The Balaban J connectivity index is 2.19. The van der Waals surface area contributed by atoms with Crippen LogP contribution in [-0.2, 0) is 4.74 Å². The number of ether oxygens (including phenoxy) is 1. The van der Waals surface area contributed by atoms with Gasteiger partial charge in [-0.1, -0.05) is 32.1 Å². The van der Waals surface area contributed by atoms with Crippen molar-refractivity contribution in [2.45, 2.75) is 52.7 Å². The lowest BCUT2D eigenvalue weighted by Gasteiger charge is -2.30. The summed E-state index contributed by atoms with van der Waals surface area (Å²) in [4.78, 5) is 38.7. The first-order valence-electron chi connectivity index (χ1n) is 9.02. The number of rotatable bonds is 6. The van der Waals surface area contributed by atoms with Crippen LogP contribution in [0, 0.1) is 5.41 Å². The van der Waals surface area contributed by atoms with Crippen LogP contribution < -0.4 is 5.32 Å². The number of imide groups is 1. The highest BCUT2D eigenvalue weighted by molar-refractivity contribution is 6.21. The van der Waals surface area contributed by atoms with Crippen LogP contribution in [0.1, 0.15) is 61.8 Å². The van der Waals surface area contributed by atoms with Crippen LogP contribution in [0.3, 0.4) is 0 Å². The zero-order chi connectivity index (χ0) is 20.4. The maximum Gasteiger partial charge on any atom is 0.407 e. The lowest BCUT2D eigenvalue weighted by molar-refractivity contribution is 0.0454. The molecule has 0 bridgehead atoms. The molecule has 2 rings (SSSR count). The molecule has 1 N–H and O–H groups in total. The van der Waals surface area contributed by atoms with Gasteiger partial charge in [0.1, 0.15) is 5.60 Å². The van der Waals surface area contributed by atoms with E-state index in [1.54, 1.807) is 51.1 Å². The summed E-state index contributed by atoms with van der Waals surface area (Å²) in [5.74, 6) is -0.689. The van der Waals surface area contributed by atoms with Crippen LogP contribution in [0.4, 0.5) is 4.79 Å². The van der Waals surface area contributed by atoms with Gasteiger partial charge in [0.05, 0.1) is 17.2 Å². The highest BCUT2D eigenvalue weighted by Gasteiger charge is 2.37. The Morgan fingerprint density at radius 3 is 2.11 bits per heavy atom. The van der Waals surface area contributed by atoms with Crippen molar-refractivity contribution in [3.8, 4) is 0 Å². The molecular weight excluding hydrogens is 344 g/mol. The van der Waals surface area contributed by atoms with Gasteiger partial charge in [0, 0.05) is 6.54 Å². The third kappa shape index (κ3) is 5.18. The Morgan fingerprint density at radius 2 is 1.67 bits per heavy atom. The van der Waals surface area contributed by atoms with Gasteiger partial charge in [-0.3, -0.25) is 14.5 Å². The second kappa shape index (κ2) is 7.55. The first kappa shape index (κ1) is 20.7. The molecule has 0 saturated heterocycles. The number of alkyl carbamates (subject to hydrolysis) is 1. The third-order valence-corrected chi connectivity index (χ3v) is 4.33. The van der Waals surface area contributed by atoms with Crippen LogP contribution in [0.5, 0.6) is 0 Å². The highest BCUT2D eigenvalue weighted by atomic mass is 16.6. The second-order valence-electron chi connectivity index (χ2n) is 8.51. The Kier molecular flexibility index (Phi) is 5.78. The molecule has 1 aliphatic heterocycles. The average Bonchev–Trinajstić information content (AvgIpc) is 2.78. The molecule has 0 spiro atoms. The number of hydrogen-bond donors (Lipinski definition) is 1. The van der Waals surface area contributed by atoms with E-state index in [4.69, 9.17) is 4.74 Å². The van der Waals surface area contributed by atoms with Gasteiger partial charge in [-0.05, 0) is 44.7 Å². The number of amides is 3. The molecule has 146 valence electrons. The van der Waals surface area contributed by atoms with Crippen LogP contribution in [0.25, 0.3) is 0 Å². The summed E-state index contributed by atoms with van der Waals surface area (Å²) in [5, 5.41) is 2.80. The van der Waals surface area contributed by atoms with E-state index in [1.807, 2.05) is 13.8 Å². The summed E-state index contributed by atoms with van der Waals surface area (Å²) in [7, 11) is 0. The molecule has 6 nitrogen and oxygen atoms in total. The molecule has 0 aliphatic carbocycles. The maximum atomic E-state index is 12.6. The molecule has 0 fully saturated rings. The van der Waals surface area contributed by atoms with Gasteiger partial charge >= 0.3 is 6.09 Å². The molecule has 1 aliphatic rings. The Labute approximate surface area is 160 Å². The lowest BCUT2D eigenvalue weighted by Crippen LogP contribution is -2.48. The van der Waals surface area contributed by atoms with E-state index < -0.39 is 17.7 Å². The molecule has 1 aromatic rings. The number of fused-ring (bicyclic) bond motifs is 1. The van der Waals surface area contributed by atoms with E-state index in [2.05, 4.69) is 11.9 Å². The lowest BCUT2D eigenvalue weighted by atomic mass is 9.86. The van der Waals surface area contributed by atoms with E-state index in [0.29, 0.717) is 17.5 Å². The van der Waals surface area contributed by atoms with Crippen LogP contribution in [-0.4, -0.2) is 41.0 Å². The smallest absolute Gasteiger partial charge is 0.407 e. The average molecular weight is 372 g/mol. The number of carbonyl (C=O) groups excluding carboxylic acids is 3. The van der Waals surface area contributed by atoms with Crippen molar-refractivity contribution < 1.29 is 19.1 Å². The van der Waals surface area contributed by atoms with Crippen molar-refractivity contribution in [3.05, 3.63) is 48.0 Å². The number of nitrogens with one attached hydrogen (secondary N) is 1. The van der Waals surface area contributed by atoms with Gasteiger partial charge in [-0.25, -0.2) is 4.79 Å². The fourth-order valence-electron chi connectivity index (χ4n) is 2.98. The van der Waals surface area contributed by atoms with Crippen molar-refractivity contribution >= 4 is 17.9 Å². The van der Waals surface area contributed by atoms with Gasteiger partial charge in [0.15, 0.2) is 0 Å². The molecule has 0 aromatic heterocycles. The van der Waals surface area contributed by atoms with Crippen molar-refractivity contribution in [1.82, 2.24) is 10.2 Å². The number of carbonyl (C=O) groups is 3. The van der Waals surface area contributed by atoms with Gasteiger partial charge in [-0.2, -0.15) is 0 Å². The molecular formula is C21H28N2O4. The minimum Gasteiger partial charge on any atom is -0.444 e. The quantitative estimate of drug-likeness (QED) is 0.609. The van der Waals surface area contributed by atoms with E-state index in [0.717, 1.165) is 0 Å². The SMILES string of the molecule is C=CC(C)(C)C[C@@H](CN1C(=O)c2ccccc2C1=O)NC(=O)OC(C)(C)C. The van der Waals surface area contributed by atoms with Gasteiger partial charge in [0.2, 0.25) is 0 Å². The van der Waals surface area contributed by atoms with E-state index in [9.17, 15) is 14.4 Å². The molecule has 27 heavy (non-hydrogen) atoms. The fourth-order valence-corrected chi connectivity index (χ4v) is 2.98. The molecule has 0 saturated carbocycles. The molecule has 1 aromatic carbocycles. The Hall–Kier alpha value is -2.63. The summed E-state index contributed by atoms with van der Waals surface area (Å²) in [5.41, 5.74) is -0.154. The van der Waals surface area contributed by atoms with Crippen LogP contribution in [0.2, 0.25) is 0 Å². The standard InChI is InChI=1S/C21H28N2O4/c1-7-21(5,6)12-14(22-19(26)27-20(2,3)4)13-23-17(24)15-10-8-9-11-16(15)18(23)25/h7-11,14H,1,12-13H2,2-6H3,(H,22,26)/t14-/m0/s1. The number of benzene rings is 1. The first-order chi connectivity index (χ1) is 12.4. The summed E-state index contributed by atoms with van der Waals surface area (Å²) in [6.07, 6.45) is 1.71. The first-order valence-corrected chi connectivity index (χ1v) is 9.02. The second-order valence-corrected chi connectivity index (χ2v) is 8.51. The van der Waals surface area contributed by atoms with Crippen LogP contribution in [0.15, 0.2) is 36.9 Å². The number of nitrogens with zero attached hydrogens (tertiary/aromatic N) is 1. The van der Waals surface area contributed by atoms with Crippen molar-refractivity contribution in [2.75, 3.05) is 6.54 Å². The third-order valence-electron chi connectivity index (χ3n) is 4.33. The Bertz CT molecular complexity index is 727. The molecule has 0 unspecified atom stereocenters. The molecule has 6 heteroatoms. The van der Waals surface area contributed by atoms with Gasteiger partial charge in [-0.15, -0.1) is 6.58 Å². The van der Waals surface area contributed by atoms with Crippen LogP contribution >= 0.6 is 0 Å². The van der Waals surface area contributed by atoms with E-state index in [-0.39, 0.29) is 23.8 Å². The minimum absolute atomic E-state index is 0.0723. The highest BCUT2D eigenvalue weighted by Crippen LogP contribution is 2.27. The summed E-state index contributed by atoms with van der Waals surface area (Å²) in [6, 6.07) is 6.27. The largest absolute Gasteiger partial charge is 0.444 e.